The van der Waals surface area contributed by atoms with Gasteiger partial charge < -0.3 is 9.52 Å². The van der Waals surface area contributed by atoms with Crippen molar-refractivity contribution in [1.82, 2.24) is 10.4 Å². The molecule has 0 radical (unpaired) electrons. The number of amides is 1. The topological polar surface area (TPSA) is 87.7 Å². The van der Waals surface area contributed by atoms with Crippen molar-refractivity contribution in [3.05, 3.63) is 98.8 Å². The molecule has 0 saturated heterocycles. The van der Waals surface area contributed by atoms with Crippen LogP contribution in [0.2, 0.25) is 5.02 Å². The predicted octanol–water partition coefficient (Wildman–Crippen LogP) is 6.59. The fourth-order valence-electron chi connectivity index (χ4n) is 3.30. The third-order valence-electron chi connectivity index (χ3n) is 4.99. The summed E-state index contributed by atoms with van der Waals surface area (Å²) >= 11 is 10.8. The first-order valence-corrected chi connectivity index (χ1v) is 12.1. The van der Waals surface area contributed by atoms with Crippen molar-refractivity contribution in [3.63, 3.8) is 0 Å². The minimum atomic E-state index is -0.398. The highest BCUT2D eigenvalue weighted by Gasteiger charge is 2.14. The smallest absolute Gasteiger partial charge is 0.272 e. The molecule has 0 aliphatic rings. The summed E-state index contributed by atoms with van der Waals surface area (Å²) in [6, 6.07) is 21.2. The fraction of sp³-hybridized carbons (Fsp3) is 0. The van der Waals surface area contributed by atoms with Crippen LogP contribution in [0.3, 0.4) is 0 Å². The molecule has 1 amide bonds. The van der Waals surface area contributed by atoms with Crippen LogP contribution in [0.4, 0.5) is 0 Å². The Morgan fingerprint density at radius 2 is 1.88 bits per heavy atom. The molecule has 2 aromatic heterocycles. The molecule has 5 aromatic rings. The van der Waals surface area contributed by atoms with Crippen LogP contribution in [0, 0.1) is 0 Å². The maximum atomic E-state index is 12.7. The molecule has 2 N–H and O–H groups in total. The van der Waals surface area contributed by atoms with E-state index in [0.29, 0.717) is 31.2 Å². The third-order valence-corrected chi connectivity index (χ3v) is 6.81. The molecule has 5 rings (SSSR count). The van der Waals surface area contributed by atoms with Crippen molar-refractivity contribution >= 4 is 55.7 Å². The lowest BCUT2D eigenvalue weighted by atomic mass is 10.1. The third kappa shape index (κ3) is 4.61. The van der Waals surface area contributed by atoms with Crippen molar-refractivity contribution in [3.8, 4) is 27.6 Å². The Bertz CT molecular complexity index is 1600. The summed E-state index contributed by atoms with van der Waals surface area (Å²) in [6.07, 6.45) is 0. The van der Waals surface area contributed by atoms with Gasteiger partial charge in [-0.2, -0.15) is 0 Å². The van der Waals surface area contributed by atoms with Gasteiger partial charge in [0.2, 0.25) is 5.55 Å². The van der Waals surface area contributed by atoms with Gasteiger partial charge in [-0.3, -0.25) is 4.79 Å². The average molecular weight is 553 g/mol. The molecule has 0 aliphatic heterocycles. The Balaban J connectivity index is 1.59. The molecule has 0 spiro atoms. The van der Waals surface area contributed by atoms with Crippen LogP contribution in [0.5, 0.6) is 5.75 Å². The Morgan fingerprint density at radius 3 is 2.68 bits per heavy atom. The highest BCUT2D eigenvalue weighted by Crippen LogP contribution is 2.30. The zero-order chi connectivity index (χ0) is 23.7. The van der Waals surface area contributed by atoms with Crippen molar-refractivity contribution in [2.45, 2.75) is 0 Å². The van der Waals surface area contributed by atoms with E-state index in [2.05, 4.69) is 26.5 Å². The van der Waals surface area contributed by atoms with E-state index in [9.17, 15) is 9.90 Å². The number of phenolic OH excluding ortho intramolecular Hbond substituents is 1. The monoisotopic (exact) mass is 551 g/mol. The predicted molar refractivity (Wildman–Crippen MR) is 137 cm³/mol. The first-order chi connectivity index (χ1) is 16.5. The SMILES string of the molecule is O=C(NN=c1oc2cc(O)ccc2cc1-c1nc(-c2ccc(Cl)cc2)cs1)c1ccccc1Br. The molecule has 168 valence electrons. The Morgan fingerprint density at radius 1 is 1.09 bits per heavy atom. The van der Waals surface area contributed by atoms with E-state index in [4.69, 9.17) is 21.0 Å². The molecule has 34 heavy (non-hydrogen) atoms. The van der Waals surface area contributed by atoms with Gasteiger partial charge in [-0.05, 0) is 58.4 Å². The van der Waals surface area contributed by atoms with Crippen LogP contribution in [0.15, 0.2) is 92.2 Å². The number of thiazole rings is 1. The van der Waals surface area contributed by atoms with E-state index in [1.54, 1.807) is 30.3 Å². The highest BCUT2D eigenvalue weighted by molar-refractivity contribution is 9.10. The number of hydrogen-bond acceptors (Lipinski definition) is 6. The standard InChI is InChI=1S/C25H15BrClN3O3S/c26-20-4-2-1-3-18(20)23(32)29-30-24-19(11-15-7-10-17(31)12-22(15)33-24)25-28-21(13-34-25)14-5-8-16(27)9-6-14/h1-13,31H,(H,29,32). The minimum absolute atomic E-state index is 0.0616. The summed E-state index contributed by atoms with van der Waals surface area (Å²) < 4.78 is 6.62. The van der Waals surface area contributed by atoms with Gasteiger partial charge in [0.25, 0.3) is 5.91 Å². The fourth-order valence-corrected chi connectivity index (χ4v) is 4.73. The second kappa shape index (κ2) is 9.42. The first kappa shape index (κ1) is 22.3. The number of benzene rings is 3. The number of carbonyl (C=O) groups excluding carboxylic acids is 1. The average Bonchev–Trinajstić information content (AvgIpc) is 3.33. The van der Waals surface area contributed by atoms with Gasteiger partial charge >= 0.3 is 0 Å². The Kier molecular flexibility index (Phi) is 6.19. The number of nitrogens with zero attached hydrogens (tertiary/aromatic N) is 2. The van der Waals surface area contributed by atoms with Crippen molar-refractivity contribution in [2.24, 2.45) is 5.10 Å². The number of phenols is 1. The molecule has 0 atom stereocenters. The maximum absolute atomic E-state index is 12.7. The molecule has 3 aromatic carbocycles. The van der Waals surface area contributed by atoms with Gasteiger partial charge in [0, 0.05) is 31.9 Å². The Labute approximate surface area is 211 Å². The van der Waals surface area contributed by atoms with Crippen molar-refractivity contribution < 1.29 is 14.3 Å². The van der Waals surface area contributed by atoms with Gasteiger partial charge in [-0.25, -0.2) is 10.4 Å². The van der Waals surface area contributed by atoms with Crippen LogP contribution in [-0.4, -0.2) is 16.0 Å². The van der Waals surface area contributed by atoms with Crippen LogP contribution in [-0.2, 0) is 0 Å². The zero-order valence-electron chi connectivity index (χ0n) is 17.3. The Hall–Kier alpha value is -3.46. The van der Waals surface area contributed by atoms with Crippen molar-refractivity contribution in [1.29, 1.82) is 0 Å². The largest absolute Gasteiger partial charge is 0.508 e. The molecule has 2 heterocycles. The number of fused-ring (bicyclic) bond motifs is 1. The number of rotatable bonds is 4. The molecule has 0 fully saturated rings. The summed E-state index contributed by atoms with van der Waals surface area (Å²) in [5.74, 6) is -0.336. The molecule has 0 unspecified atom stereocenters. The molecule has 6 nitrogen and oxygen atoms in total. The number of carbonyl (C=O) groups is 1. The lowest BCUT2D eigenvalue weighted by Crippen LogP contribution is -2.22. The minimum Gasteiger partial charge on any atom is -0.508 e. The van der Waals surface area contributed by atoms with Crippen LogP contribution in [0.1, 0.15) is 10.4 Å². The van der Waals surface area contributed by atoms with E-state index in [1.165, 1.54) is 17.4 Å². The van der Waals surface area contributed by atoms with Crippen LogP contribution in [0.25, 0.3) is 32.8 Å². The van der Waals surface area contributed by atoms with Gasteiger partial charge in [-0.1, -0.05) is 35.9 Å². The molecule has 0 saturated carbocycles. The van der Waals surface area contributed by atoms with E-state index in [-0.39, 0.29) is 11.3 Å². The molecular formula is C25H15BrClN3O3S. The van der Waals surface area contributed by atoms with E-state index in [0.717, 1.165) is 16.6 Å². The summed E-state index contributed by atoms with van der Waals surface area (Å²) in [5, 5.41) is 18.1. The lowest BCUT2D eigenvalue weighted by molar-refractivity contribution is 0.0950. The van der Waals surface area contributed by atoms with Gasteiger partial charge in [0.15, 0.2) is 0 Å². The molecule has 9 heteroatoms. The number of hydrogen-bond donors (Lipinski definition) is 2. The van der Waals surface area contributed by atoms with Crippen molar-refractivity contribution in [2.75, 3.05) is 0 Å². The van der Waals surface area contributed by atoms with Crippen LogP contribution < -0.4 is 11.0 Å². The van der Waals surface area contributed by atoms with Gasteiger partial charge in [0.1, 0.15) is 16.3 Å². The van der Waals surface area contributed by atoms with Gasteiger partial charge in [0.05, 0.1) is 16.8 Å². The molecular weight excluding hydrogens is 538 g/mol. The molecule has 0 bridgehead atoms. The maximum Gasteiger partial charge on any atom is 0.272 e. The number of halogens is 2. The second-order valence-corrected chi connectivity index (χ2v) is 9.41. The van der Waals surface area contributed by atoms with Gasteiger partial charge in [-0.15, -0.1) is 16.4 Å². The normalized spacial score (nSPS) is 11.6. The number of aromatic nitrogens is 1. The zero-order valence-corrected chi connectivity index (χ0v) is 20.5. The number of nitrogens with one attached hydrogen (secondary N) is 1. The van der Waals surface area contributed by atoms with E-state index in [1.807, 2.05) is 41.8 Å². The summed E-state index contributed by atoms with van der Waals surface area (Å²) in [5.41, 5.74) is 5.89. The summed E-state index contributed by atoms with van der Waals surface area (Å²) in [6.45, 7) is 0. The van der Waals surface area contributed by atoms with Crippen LogP contribution >= 0.6 is 38.9 Å². The second-order valence-electron chi connectivity index (χ2n) is 7.26. The lowest BCUT2D eigenvalue weighted by Gasteiger charge is -2.05. The summed E-state index contributed by atoms with van der Waals surface area (Å²) in [7, 11) is 0. The van der Waals surface area contributed by atoms with E-state index < -0.39 is 5.91 Å². The van der Waals surface area contributed by atoms with E-state index >= 15 is 0 Å². The summed E-state index contributed by atoms with van der Waals surface area (Å²) in [4.78, 5) is 17.4. The highest BCUT2D eigenvalue weighted by atomic mass is 79.9. The quantitative estimate of drug-likeness (QED) is 0.246. The first-order valence-electron chi connectivity index (χ1n) is 10.1. The number of aromatic hydroxyl groups is 1. The molecule has 0 aliphatic carbocycles.